The van der Waals surface area contributed by atoms with Crippen LogP contribution in [0.5, 0.6) is 11.5 Å². The Morgan fingerprint density at radius 2 is 1.86 bits per heavy atom. The summed E-state index contributed by atoms with van der Waals surface area (Å²) in [6, 6.07) is 9.57. The zero-order valence-corrected chi connectivity index (χ0v) is 19.9. The van der Waals surface area contributed by atoms with Gasteiger partial charge < -0.3 is 25.2 Å². The van der Waals surface area contributed by atoms with Crippen molar-refractivity contribution >= 4 is 41.3 Å². The van der Waals surface area contributed by atoms with Gasteiger partial charge in [-0.15, -0.1) is 35.3 Å². The van der Waals surface area contributed by atoms with Gasteiger partial charge in [0.2, 0.25) is 0 Å². The van der Waals surface area contributed by atoms with Gasteiger partial charge in [0.15, 0.2) is 5.96 Å². The van der Waals surface area contributed by atoms with Gasteiger partial charge in [-0.05, 0) is 36.1 Å². The second-order valence-corrected chi connectivity index (χ2v) is 7.16. The first kappa shape index (κ1) is 24.5. The minimum Gasteiger partial charge on any atom is -0.497 e. The molecule has 0 aliphatic heterocycles. The molecular weight excluding hydrogens is 489 g/mol. The van der Waals surface area contributed by atoms with E-state index in [0.29, 0.717) is 36.5 Å². The van der Waals surface area contributed by atoms with Crippen molar-refractivity contribution in [2.45, 2.75) is 25.9 Å². The normalized spacial score (nSPS) is 13.2. The standard InChI is InChI=1S/C20H29N3O3S.HI/c1-5-21-20(22-12-14(2)19-7-6-8-27-19)23-13-18(24)15-9-16(25-3)11-17(10-15)26-4;/h6-11,14,18,24H,5,12-13H2,1-4H3,(H2,21,22,23);1H. The number of hydrogen-bond donors (Lipinski definition) is 3. The van der Waals surface area contributed by atoms with Crippen LogP contribution in [0, 0.1) is 0 Å². The summed E-state index contributed by atoms with van der Waals surface area (Å²) in [4.78, 5) is 5.96. The van der Waals surface area contributed by atoms with Crippen molar-refractivity contribution in [3.63, 3.8) is 0 Å². The second-order valence-electron chi connectivity index (χ2n) is 6.18. The zero-order chi connectivity index (χ0) is 19.6. The number of halogens is 1. The number of aliphatic hydroxyl groups is 1. The fourth-order valence-electron chi connectivity index (χ4n) is 2.56. The quantitative estimate of drug-likeness (QED) is 0.267. The number of nitrogens with zero attached hydrogens (tertiary/aromatic N) is 1. The lowest BCUT2D eigenvalue weighted by molar-refractivity contribution is 0.180. The number of benzene rings is 1. The van der Waals surface area contributed by atoms with Crippen LogP contribution >= 0.6 is 35.3 Å². The van der Waals surface area contributed by atoms with Crippen LogP contribution in [-0.2, 0) is 0 Å². The van der Waals surface area contributed by atoms with E-state index in [9.17, 15) is 5.11 Å². The van der Waals surface area contributed by atoms with E-state index in [1.54, 1.807) is 43.8 Å². The Kier molecular flexibility index (Phi) is 11.2. The van der Waals surface area contributed by atoms with Gasteiger partial charge in [0.05, 0.1) is 26.9 Å². The summed E-state index contributed by atoms with van der Waals surface area (Å²) < 4.78 is 10.5. The fraction of sp³-hybridized carbons (Fsp3) is 0.450. The molecule has 1 aromatic heterocycles. The number of aliphatic hydroxyl groups excluding tert-OH is 1. The van der Waals surface area contributed by atoms with E-state index in [1.807, 2.05) is 6.92 Å². The Morgan fingerprint density at radius 1 is 1.18 bits per heavy atom. The molecule has 0 radical (unpaired) electrons. The number of aliphatic imine (C=N–C) groups is 1. The summed E-state index contributed by atoms with van der Waals surface area (Å²) >= 11 is 1.74. The molecule has 1 aromatic carbocycles. The van der Waals surface area contributed by atoms with Crippen molar-refractivity contribution in [3.8, 4) is 11.5 Å². The summed E-state index contributed by atoms with van der Waals surface area (Å²) in [6.07, 6.45) is -0.715. The lowest BCUT2D eigenvalue weighted by atomic mass is 10.1. The molecule has 0 amide bonds. The van der Waals surface area contributed by atoms with Crippen LogP contribution in [0.2, 0.25) is 0 Å². The molecule has 0 bridgehead atoms. The van der Waals surface area contributed by atoms with Gasteiger partial charge in [-0.3, -0.25) is 4.99 Å². The van der Waals surface area contributed by atoms with Crippen molar-refractivity contribution in [1.82, 2.24) is 10.6 Å². The molecule has 6 nitrogen and oxygen atoms in total. The number of nitrogens with one attached hydrogen (secondary N) is 2. The topological polar surface area (TPSA) is 75.1 Å². The molecule has 2 unspecified atom stereocenters. The first-order valence-electron chi connectivity index (χ1n) is 9.04. The van der Waals surface area contributed by atoms with Crippen LogP contribution < -0.4 is 20.1 Å². The third-order valence-electron chi connectivity index (χ3n) is 4.12. The minimum atomic E-state index is -0.715. The third kappa shape index (κ3) is 7.48. The predicted octanol–water partition coefficient (Wildman–Crippen LogP) is 3.78. The van der Waals surface area contributed by atoms with E-state index in [0.717, 1.165) is 12.1 Å². The monoisotopic (exact) mass is 519 g/mol. The zero-order valence-electron chi connectivity index (χ0n) is 16.8. The highest BCUT2D eigenvalue weighted by molar-refractivity contribution is 14.0. The average molecular weight is 519 g/mol. The smallest absolute Gasteiger partial charge is 0.191 e. The highest BCUT2D eigenvalue weighted by Crippen LogP contribution is 2.26. The summed E-state index contributed by atoms with van der Waals surface area (Å²) in [6.45, 7) is 5.94. The average Bonchev–Trinajstić information content (AvgIpc) is 3.24. The highest BCUT2D eigenvalue weighted by Gasteiger charge is 2.12. The lowest BCUT2D eigenvalue weighted by Gasteiger charge is -2.17. The molecule has 156 valence electrons. The molecule has 0 fully saturated rings. The van der Waals surface area contributed by atoms with Crippen molar-refractivity contribution < 1.29 is 14.6 Å². The SMILES string of the molecule is CCNC(=NCC(C)c1cccs1)NCC(O)c1cc(OC)cc(OC)c1.I. The second kappa shape index (κ2) is 12.8. The molecule has 0 spiro atoms. The van der Waals surface area contributed by atoms with E-state index in [2.05, 4.69) is 40.1 Å². The molecule has 2 rings (SSSR count). The molecule has 3 N–H and O–H groups in total. The summed E-state index contributed by atoms with van der Waals surface area (Å²) in [7, 11) is 3.18. The highest BCUT2D eigenvalue weighted by atomic mass is 127. The molecule has 0 saturated heterocycles. The Bertz CT molecular complexity index is 703. The largest absolute Gasteiger partial charge is 0.497 e. The van der Waals surface area contributed by atoms with Crippen LogP contribution in [0.4, 0.5) is 0 Å². The number of rotatable bonds is 9. The molecule has 1 heterocycles. The van der Waals surface area contributed by atoms with E-state index >= 15 is 0 Å². The molecule has 8 heteroatoms. The summed E-state index contributed by atoms with van der Waals surface area (Å²) in [5, 5.41) is 19.1. The van der Waals surface area contributed by atoms with Crippen LogP contribution in [-0.4, -0.2) is 44.9 Å². The fourth-order valence-corrected chi connectivity index (χ4v) is 3.34. The van der Waals surface area contributed by atoms with Crippen molar-refractivity contribution in [2.24, 2.45) is 4.99 Å². The van der Waals surface area contributed by atoms with Gasteiger partial charge in [0, 0.05) is 30.0 Å². The molecular formula is C20H30IN3O3S. The molecule has 0 aliphatic rings. The number of methoxy groups -OCH3 is 2. The number of thiophene rings is 1. The van der Waals surface area contributed by atoms with Gasteiger partial charge >= 0.3 is 0 Å². The third-order valence-corrected chi connectivity index (χ3v) is 5.22. The van der Waals surface area contributed by atoms with Crippen LogP contribution in [0.25, 0.3) is 0 Å². The van der Waals surface area contributed by atoms with Crippen LogP contribution in [0.15, 0.2) is 40.7 Å². The molecule has 2 atom stereocenters. The van der Waals surface area contributed by atoms with E-state index in [4.69, 9.17) is 9.47 Å². The molecule has 0 saturated carbocycles. The van der Waals surface area contributed by atoms with Crippen LogP contribution in [0.3, 0.4) is 0 Å². The molecule has 2 aromatic rings. The molecule has 28 heavy (non-hydrogen) atoms. The Balaban J connectivity index is 0.00000392. The number of guanidine groups is 1. The first-order valence-corrected chi connectivity index (χ1v) is 9.92. The van der Waals surface area contributed by atoms with Gasteiger partial charge in [-0.2, -0.15) is 0 Å². The lowest BCUT2D eigenvalue weighted by Crippen LogP contribution is -2.39. The van der Waals surface area contributed by atoms with Crippen LogP contribution in [0.1, 0.15) is 36.3 Å². The predicted molar refractivity (Wildman–Crippen MR) is 127 cm³/mol. The van der Waals surface area contributed by atoms with E-state index in [-0.39, 0.29) is 24.0 Å². The summed E-state index contributed by atoms with van der Waals surface area (Å²) in [5.74, 6) is 2.34. The number of hydrogen-bond acceptors (Lipinski definition) is 5. The van der Waals surface area contributed by atoms with E-state index in [1.165, 1.54) is 4.88 Å². The van der Waals surface area contributed by atoms with Gasteiger partial charge in [0.25, 0.3) is 0 Å². The minimum absolute atomic E-state index is 0. The van der Waals surface area contributed by atoms with Crippen molar-refractivity contribution in [3.05, 3.63) is 46.2 Å². The van der Waals surface area contributed by atoms with Gasteiger partial charge in [-0.1, -0.05) is 13.0 Å². The van der Waals surface area contributed by atoms with Gasteiger partial charge in [0.1, 0.15) is 11.5 Å². The summed E-state index contributed by atoms with van der Waals surface area (Å²) in [5.41, 5.74) is 0.724. The Labute approximate surface area is 188 Å². The van der Waals surface area contributed by atoms with Gasteiger partial charge in [-0.25, -0.2) is 0 Å². The van der Waals surface area contributed by atoms with Crippen molar-refractivity contribution in [2.75, 3.05) is 33.9 Å². The first-order chi connectivity index (χ1) is 13.1. The number of ether oxygens (including phenoxy) is 2. The van der Waals surface area contributed by atoms with E-state index < -0.39 is 6.10 Å². The Morgan fingerprint density at radius 3 is 2.39 bits per heavy atom. The molecule has 0 aliphatic carbocycles. The maximum atomic E-state index is 10.6. The maximum absolute atomic E-state index is 10.6. The maximum Gasteiger partial charge on any atom is 0.191 e. The Hall–Kier alpha value is -1.52. The van der Waals surface area contributed by atoms with Crippen molar-refractivity contribution in [1.29, 1.82) is 0 Å².